The third-order valence-electron chi connectivity index (χ3n) is 3.75. The van der Waals surface area contributed by atoms with E-state index in [9.17, 15) is 4.79 Å². The summed E-state index contributed by atoms with van der Waals surface area (Å²) in [4.78, 5) is 10.9. The number of hydrogen-bond donors (Lipinski definition) is 2. The van der Waals surface area contributed by atoms with Crippen molar-refractivity contribution < 1.29 is 14.6 Å². The second kappa shape index (κ2) is 7.97. The Morgan fingerprint density at radius 1 is 1.12 bits per heavy atom. The van der Waals surface area contributed by atoms with Gasteiger partial charge < -0.3 is 15.2 Å². The smallest absolute Gasteiger partial charge is 0.335 e. The highest BCUT2D eigenvalue weighted by Gasteiger charge is 2.13. The molecule has 2 aromatic rings. The van der Waals surface area contributed by atoms with Gasteiger partial charge in [0.1, 0.15) is 12.4 Å². The van der Waals surface area contributed by atoms with Crippen LogP contribution in [0.3, 0.4) is 0 Å². The fourth-order valence-electron chi connectivity index (χ4n) is 2.34. The molecule has 0 saturated heterocycles. The normalized spacial score (nSPS) is 11.3. The van der Waals surface area contributed by atoms with Crippen molar-refractivity contribution in [2.24, 2.45) is 0 Å². The molecule has 2 N–H and O–H groups in total. The van der Waals surface area contributed by atoms with Crippen molar-refractivity contribution in [1.82, 2.24) is 5.32 Å². The van der Waals surface area contributed by atoms with Gasteiger partial charge in [-0.1, -0.05) is 45.0 Å². The summed E-state index contributed by atoms with van der Waals surface area (Å²) in [6.45, 7) is 8.41. The Kier molecular flexibility index (Phi) is 5.99. The molecule has 2 rings (SSSR count). The van der Waals surface area contributed by atoms with Crippen LogP contribution in [0.5, 0.6) is 5.75 Å². The molecule has 0 spiro atoms. The molecule has 0 aliphatic carbocycles. The maximum absolute atomic E-state index is 10.9. The van der Waals surface area contributed by atoms with Gasteiger partial charge in [-0.25, -0.2) is 4.79 Å². The number of carboxylic acid groups (broad SMARTS) is 1. The highest BCUT2D eigenvalue weighted by molar-refractivity contribution is 5.87. The summed E-state index contributed by atoms with van der Waals surface area (Å²) < 4.78 is 5.79. The first-order chi connectivity index (χ1) is 11.4. The molecule has 4 heteroatoms. The highest BCUT2D eigenvalue weighted by Crippen LogP contribution is 2.25. The molecule has 0 radical (unpaired) electrons. The molecule has 0 saturated carbocycles. The Labute approximate surface area is 143 Å². The van der Waals surface area contributed by atoms with Crippen molar-refractivity contribution in [3.63, 3.8) is 0 Å². The lowest BCUT2D eigenvalue weighted by atomic mass is 9.87. The minimum Gasteiger partial charge on any atom is -0.492 e. The lowest BCUT2D eigenvalue weighted by Crippen LogP contribution is -2.21. The van der Waals surface area contributed by atoms with E-state index in [2.05, 4.69) is 38.2 Å². The van der Waals surface area contributed by atoms with Crippen molar-refractivity contribution in [3.05, 3.63) is 65.2 Å². The lowest BCUT2D eigenvalue weighted by molar-refractivity contribution is 0.0696. The van der Waals surface area contributed by atoms with Gasteiger partial charge in [-0.2, -0.15) is 0 Å². The SMILES string of the molecule is CC(C)(C)c1cccc(OCCNCc2cccc(C(=O)O)c2)c1. The van der Waals surface area contributed by atoms with Crippen molar-refractivity contribution in [2.75, 3.05) is 13.2 Å². The number of rotatable bonds is 7. The van der Waals surface area contributed by atoms with E-state index in [1.165, 1.54) is 5.56 Å². The summed E-state index contributed by atoms with van der Waals surface area (Å²) in [5, 5.41) is 12.2. The number of nitrogens with one attached hydrogen (secondary N) is 1. The van der Waals surface area contributed by atoms with Crippen LogP contribution in [0.4, 0.5) is 0 Å². The molecule has 128 valence electrons. The number of ether oxygens (including phenoxy) is 1. The van der Waals surface area contributed by atoms with E-state index in [1.54, 1.807) is 18.2 Å². The minimum absolute atomic E-state index is 0.104. The maximum Gasteiger partial charge on any atom is 0.335 e. The third-order valence-corrected chi connectivity index (χ3v) is 3.75. The first-order valence-electron chi connectivity index (χ1n) is 8.12. The molecule has 0 fully saturated rings. The Hall–Kier alpha value is -2.33. The number of carbonyl (C=O) groups is 1. The standard InChI is InChI=1S/C20H25NO3/c1-20(2,3)17-8-5-9-18(13-17)24-11-10-21-14-15-6-4-7-16(12-15)19(22)23/h4-9,12-13,21H,10-11,14H2,1-3H3,(H,22,23). The van der Waals surface area contributed by atoms with Crippen molar-refractivity contribution >= 4 is 5.97 Å². The molecule has 4 nitrogen and oxygen atoms in total. The average molecular weight is 327 g/mol. The molecular formula is C20H25NO3. The first kappa shape index (κ1) is 18.0. The summed E-state index contributed by atoms with van der Waals surface area (Å²) in [5.74, 6) is -0.0315. The average Bonchev–Trinajstić information content (AvgIpc) is 2.54. The van der Waals surface area contributed by atoms with Crippen LogP contribution < -0.4 is 10.1 Å². The van der Waals surface area contributed by atoms with Crippen molar-refractivity contribution in [2.45, 2.75) is 32.7 Å². The van der Waals surface area contributed by atoms with E-state index in [0.29, 0.717) is 25.3 Å². The minimum atomic E-state index is -0.904. The Balaban J connectivity index is 1.77. The molecule has 0 unspecified atom stereocenters. The zero-order valence-corrected chi connectivity index (χ0v) is 14.5. The molecule has 0 aliphatic heterocycles. The van der Waals surface area contributed by atoms with Gasteiger partial charge in [0.2, 0.25) is 0 Å². The van der Waals surface area contributed by atoms with Gasteiger partial charge in [0.15, 0.2) is 0 Å². The summed E-state index contributed by atoms with van der Waals surface area (Å²) in [6.07, 6.45) is 0. The lowest BCUT2D eigenvalue weighted by Gasteiger charge is -2.19. The van der Waals surface area contributed by atoms with Crippen molar-refractivity contribution in [1.29, 1.82) is 0 Å². The zero-order chi connectivity index (χ0) is 17.6. The number of carboxylic acids is 1. The van der Waals surface area contributed by atoms with Gasteiger partial charge in [-0.15, -0.1) is 0 Å². The third kappa shape index (κ3) is 5.39. The van der Waals surface area contributed by atoms with Gasteiger partial charge in [0.25, 0.3) is 0 Å². The molecule has 0 aromatic heterocycles. The maximum atomic E-state index is 10.9. The monoisotopic (exact) mass is 327 g/mol. The molecule has 0 bridgehead atoms. The molecule has 0 atom stereocenters. The van der Waals surface area contributed by atoms with E-state index in [4.69, 9.17) is 9.84 Å². The second-order valence-electron chi connectivity index (χ2n) is 6.81. The van der Waals surface area contributed by atoms with Crippen LogP contribution >= 0.6 is 0 Å². The highest BCUT2D eigenvalue weighted by atomic mass is 16.5. The molecule has 2 aromatic carbocycles. The van der Waals surface area contributed by atoms with E-state index >= 15 is 0 Å². The number of hydrogen-bond acceptors (Lipinski definition) is 3. The molecule has 0 heterocycles. The van der Waals surface area contributed by atoms with E-state index in [1.807, 2.05) is 18.2 Å². The van der Waals surface area contributed by atoms with Gasteiger partial charge >= 0.3 is 5.97 Å². The largest absolute Gasteiger partial charge is 0.492 e. The zero-order valence-electron chi connectivity index (χ0n) is 14.5. The Morgan fingerprint density at radius 3 is 2.58 bits per heavy atom. The fraction of sp³-hybridized carbons (Fsp3) is 0.350. The molecule has 0 aliphatic rings. The van der Waals surface area contributed by atoms with Gasteiger partial charge in [0.05, 0.1) is 5.56 Å². The predicted molar refractivity (Wildman–Crippen MR) is 95.7 cm³/mol. The van der Waals surface area contributed by atoms with E-state index < -0.39 is 5.97 Å². The summed E-state index contributed by atoms with van der Waals surface area (Å²) in [7, 11) is 0. The summed E-state index contributed by atoms with van der Waals surface area (Å²) >= 11 is 0. The molecular weight excluding hydrogens is 302 g/mol. The van der Waals surface area contributed by atoms with Crippen LogP contribution in [-0.4, -0.2) is 24.2 Å². The molecule has 24 heavy (non-hydrogen) atoms. The summed E-state index contributed by atoms with van der Waals surface area (Å²) in [5.41, 5.74) is 2.61. The van der Waals surface area contributed by atoms with E-state index in [-0.39, 0.29) is 5.41 Å². The van der Waals surface area contributed by atoms with Gasteiger partial charge in [-0.3, -0.25) is 0 Å². The second-order valence-corrected chi connectivity index (χ2v) is 6.81. The summed E-state index contributed by atoms with van der Waals surface area (Å²) in [6, 6.07) is 15.1. The van der Waals surface area contributed by atoms with Gasteiger partial charge in [-0.05, 0) is 40.8 Å². The molecule has 0 amide bonds. The van der Waals surface area contributed by atoms with Crippen LogP contribution in [0.1, 0.15) is 42.3 Å². The van der Waals surface area contributed by atoms with Crippen LogP contribution in [-0.2, 0) is 12.0 Å². The quantitative estimate of drug-likeness (QED) is 0.758. The Bertz CT molecular complexity index is 689. The number of benzene rings is 2. The number of aromatic carboxylic acids is 1. The predicted octanol–water partition coefficient (Wildman–Crippen LogP) is 3.85. The fourth-order valence-corrected chi connectivity index (χ4v) is 2.34. The van der Waals surface area contributed by atoms with E-state index in [0.717, 1.165) is 11.3 Å². The van der Waals surface area contributed by atoms with Crippen LogP contribution in [0.2, 0.25) is 0 Å². The first-order valence-corrected chi connectivity index (χ1v) is 8.12. The Morgan fingerprint density at radius 2 is 1.88 bits per heavy atom. The van der Waals surface area contributed by atoms with Gasteiger partial charge in [0, 0.05) is 13.1 Å². The van der Waals surface area contributed by atoms with Crippen LogP contribution in [0, 0.1) is 0 Å². The van der Waals surface area contributed by atoms with Crippen LogP contribution in [0.25, 0.3) is 0 Å². The van der Waals surface area contributed by atoms with Crippen LogP contribution in [0.15, 0.2) is 48.5 Å². The van der Waals surface area contributed by atoms with Crippen molar-refractivity contribution in [3.8, 4) is 5.75 Å². The topological polar surface area (TPSA) is 58.6 Å².